The minimum atomic E-state index is -0.554. The van der Waals surface area contributed by atoms with Gasteiger partial charge in [-0.2, -0.15) is 4.39 Å². The molecule has 0 saturated heterocycles. The standard InChI is InChI=1S/C28H29FN4O2/c1-32-17-21(23-4-2-3-5-25(23)32)14-15-33(18-22-9-12-27(29)30-22)26-11-8-20-16-19(6-10-24(20)26)7-13-28(34)31-35/h2-7,9-10,12-13,16-17,26,30,35H,8,11,14-15,18H2,1H3,(H,31,34). The van der Waals surface area contributed by atoms with E-state index >= 15 is 0 Å². The zero-order valence-electron chi connectivity index (χ0n) is 19.7. The lowest BCUT2D eigenvalue weighted by atomic mass is 10.0. The number of hydrogen-bond donors (Lipinski definition) is 3. The Balaban J connectivity index is 1.40. The molecule has 0 saturated carbocycles. The number of carbonyl (C=O) groups excluding carboxylic acids is 1. The molecule has 7 heteroatoms. The molecule has 0 bridgehead atoms. The number of H-pyrrole nitrogens is 1. The summed E-state index contributed by atoms with van der Waals surface area (Å²) in [5, 5.41) is 9.97. The number of fused-ring (bicyclic) bond motifs is 2. The maximum atomic E-state index is 13.7. The number of para-hydroxylation sites is 1. The number of aromatic nitrogens is 2. The monoisotopic (exact) mass is 472 g/mol. The molecule has 0 radical (unpaired) electrons. The van der Waals surface area contributed by atoms with Gasteiger partial charge in [0, 0.05) is 55.0 Å². The van der Waals surface area contributed by atoms with Crippen molar-refractivity contribution in [2.24, 2.45) is 7.05 Å². The molecule has 1 atom stereocenters. The van der Waals surface area contributed by atoms with E-state index in [9.17, 15) is 9.18 Å². The summed E-state index contributed by atoms with van der Waals surface area (Å²) in [5.74, 6) is -0.870. The number of benzene rings is 2. The molecular formula is C28H29FN4O2. The number of hydroxylamine groups is 1. The van der Waals surface area contributed by atoms with Crippen molar-refractivity contribution in [3.8, 4) is 0 Å². The van der Waals surface area contributed by atoms with E-state index in [-0.39, 0.29) is 12.0 Å². The number of aromatic amines is 1. The van der Waals surface area contributed by atoms with Gasteiger partial charge < -0.3 is 9.55 Å². The van der Waals surface area contributed by atoms with Gasteiger partial charge in [0.25, 0.3) is 5.91 Å². The summed E-state index contributed by atoms with van der Waals surface area (Å²) in [4.78, 5) is 16.6. The average molecular weight is 473 g/mol. The molecule has 5 rings (SSSR count). The summed E-state index contributed by atoms with van der Waals surface area (Å²) in [7, 11) is 2.08. The summed E-state index contributed by atoms with van der Waals surface area (Å²) in [6.07, 6.45) is 8.04. The second-order valence-corrected chi connectivity index (χ2v) is 9.16. The van der Waals surface area contributed by atoms with Gasteiger partial charge in [0.05, 0.1) is 0 Å². The van der Waals surface area contributed by atoms with Crippen molar-refractivity contribution in [1.82, 2.24) is 19.9 Å². The zero-order valence-corrected chi connectivity index (χ0v) is 19.7. The predicted octanol–water partition coefficient (Wildman–Crippen LogP) is 4.90. The maximum Gasteiger partial charge on any atom is 0.267 e. The van der Waals surface area contributed by atoms with Gasteiger partial charge in [0.15, 0.2) is 5.95 Å². The number of nitrogens with one attached hydrogen (secondary N) is 2. The highest BCUT2D eigenvalue weighted by molar-refractivity contribution is 5.90. The van der Waals surface area contributed by atoms with Gasteiger partial charge in [-0.05, 0) is 65.8 Å². The fraction of sp³-hybridized carbons (Fsp3) is 0.250. The van der Waals surface area contributed by atoms with E-state index in [2.05, 4.69) is 64.1 Å². The largest absolute Gasteiger partial charge is 0.350 e. The first kappa shape index (κ1) is 23.1. The Labute approximate surface area is 203 Å². The molecule has 1 amide bonds. The van der Waals surface area contributed by atoms with Gasteiger partial charge in [0.1, 0.15) is 0 Å². The van der Waals surface area contributed by atoms with Crippen LogP contribution in [0.2, 0.25) is 0 Å². The van der Waals surface area contributed by atoms with E-state index in [0.717, 1.165) is 37.1 Å². The first-order chi connectivity index (χ1) is 17.0. The van der Waals surface area contributed by atoms with Crippen LogP contribution in [-0.4, -0.2) is 32.1 Å². The van der Waals surface area contributed by atoms with Crippen LogP contribution >= 0.6 is 0 Å². The van der Waals surface area contributed by atoms with Gasteiger partial charge in [0.2, 0.25) is 0 Å². The van der Waals surface area contributed by atoms with Crippen LogP contribution in [0, 0.1) is 5.95 Å². The Kier molecular flexibility index (Phi) is 6.53. The van der Waals surface area contributed by atoms with Crippen molar-refractivity contribution in [3.05, 3.63) is 101 Å². The number of nitrogens with zero attached hydrogens (tertiary/aromatic N) is 2. The van der Waals surface area contributed by atoms with Gasteiger partial charge in [-0.3, -0.25) is 14.9 Å². The Bertz CT molecular complexity index is 1390. The molecule has 2 aromatic heterocycles. The van der Waals surface area contributed by atoms with Gasteiger partial charge in [-0.1, -0.05) is 36.4 Å². The molecule has 1 aliphatic carbocycles. The summed E-state index contributed by atoms with van der Waals surface area (Å²) in [6, 6.07) is 18.2. The van der Waals surface area contributed by atoms with E-state index in [1.807, 2.05) is 12.1 Å². The van der Waals surface area contributed by atoms with Crippen LogP contribution in [0.15, 0.2) is 66.9 Å². The SMILES string of the molecule is Cn1cc(CCN(Cc2ccc(F)[nH]2)C2CCc3cc(C=CC(=O)NO)ccc32)c2ccccc21. The van der Waals surface area contributed by atoms with Crippen molar-refractivity contribution in [1.29, 1.82) is 0 Å². The summed E-state index contributed by atoms with van der Waals surface area (Å²) in [6.45, 7) is 1.48. The van der Waals surface area contributed by atoms with Crippen LogP contribution in [0.5, 0.6) is 0 Å². The number of halogens is 1. The molecule has 2 heterocycles. The lowest BCUT2D eigenvalue weighted by Crippen LogP contribution is -2.29. The molecule has 2 aromatic carbocycles. The number of hydrogen-bond acceptors (Lipinski definition) is 3. The van der Waals surface area contributed by atoms with Crippen molar-refractivity contribution in [2.45, 2.75) is 31.8 Å². The topological polar surface area (TPSA) is 73.3 Å². The molecule has 3 N–H and O–H groups in total. The number of aryl methyl sites for hydroxylation is 2. The van der Waals surface area contributed by atoms with E-state index in [4.69, 9.17) is 5.21 Å². The number of carbonyl (C=O) groups is 1. The van der Waals surface area contributed by atoms with Crippen LogP contribution in [0.4, 0.5) is 4.39 Å². The van der Waals surface area contributed by atoms with Crippen LogP contribution in [0.25, 0.3) is 17.0 Å². The van der Waals surface area contributed by atoms with Crippen molar-refractivity contribution in [2.75, 3.05) is 6.54 Å². The minimum absolute atomic E-state index is 0.227. The molecule has 4 aromatic rings. The van der Waals surface area contributed by atoms with Crippen molar-refractivity contribution >= 4 is 22.9 Å². The fourth-order valence-corrected chi connectivity index (χ4v) is 5.26. The Morgan fingerprint density at radius 2 is 2.11 bits per heavy atom. The first-order valence-electron chi connectivity index (χ1n) is 11.9. The molecule has 0 spiro atoms. The molecule has 0 fully saturated rings. The predicted molar refractivity (Wildman–Crippen MR) is 134 cm³/mol. The molecule has 1 aliphatic rings. The summed E-state index contributed by atoms with van der Waals surface area (Å²) >= 11 is 0. The second kappa shape index (κ2) is 9.90. The van der Waals surface area contributed by atoms with Crippen LogP contribution in [0.1, 0.15) is 40.4 Å². The van der Waals surface area contributed by atoms with E-state index in [1.54, 1.807) is 11.6 Å². The molecule has 1 unspecified atom stereocenters. The second-order valence-electron chi connectivity index (χ2n) is 9.16. The third-order valence-electron chi connectivity index (χ3n) is 6.92. The van der Waals surface area contributed by atoms with Gasteiger partial charge in [-0.25, -0.2) is 5.48 Å². The molecule has 6 nitrogen and oxygen atoms in total. The highest BCUT2D eigenvalue weighted by Crippen LogP contribution is 2.37. The zero-order chi connectivity index (χ0) is 24.4. The van der Waals surface area contributed by atoms with Crippen molar-refractivity contribution in [3.63, 3.8) is 0 Å². The molecular weight excluding hydrogens is 443 g/mol. The third kappa shape index (κ3) is 4.92. The molecule has 35 heavy (non-hydrogen) atoms. The number of rotatable bonds is 8. The minimum Gasteiger partial charge on any atom is -0.350 e. The van der Waals surface area contributed by atoms with Gasteiger partial charge in [-0.15, -0.1) is 0 Å². The number of amides is 1. The molecule has 180 valence electrons. The van der Waals surface area contributed by atoms with Gasteiger partial charge >= 0.3 is 0 Å². The van der Waals surface area contributed by atoms with Crippen LogP contribution in [-0.2, 0) is 31.2 Å². The summed E-state index contributed by atoms with van der Waals surface area (Å²) in [5.41, 5.74) is 8.46. The van der Waals surface area contributed by atoms with E-state index < -0.39 is 5.91 Å². The smallest absolute Gasteiger partial charge is 0.267 e. The summed E-state index contributed by atoms with van der Waals surface area (Å²) < 4.78 is 15.9. The Morgan fingerprint density at radius 1 is 1.26 bits per heavy atom. The van der Waals surface area contributed by atoms with Crippen molar-refractivity contribution < 1.29 is 14.4 Å². The first-order valence-corrected chi connectivity index (χ1v) is 11.9. The highest BCUT2D eigenvalue weighted by atomic mass is 19.1. The van der Waals surface area contributed by atoms with Crippen LogP contribution in [0.3, 0.4) is 0 Å². The Hall–Kier alpha value is -3.68. The fourth-order valence-electron chi connectivity index (χ4n) is 5.26. The maximum absolute atomic E-state index is 13.7. The van der Waals surface area contributed by atoms with Crippen LogP contribution < -0.4 is 5.48 Å². The van der Waals surface area contributed by atoms with E-state index in [1.165, 1.54) is 39.7 Å². The van der Waals surface area contributed by atoms with E-state index in [0.29, 0.717) is 6.54 Å². The quantitative estimate of drug-likeness (QED) is 0.194. The highest BCUT2D eigenvalue weighted by Gasteiger charge is 2.28. The molecule has 0 aliphatic heterocycles. The average Bonchev–Trinajstić information content (AvgIpc) is 3.57. The normalized spacial score (nSPS) is 15.4. The lowest BCUT2D eigenvalue weighted by molar-refractivity contribution is -0.124. The Morgan fingerprint density at radius 3 is 2.91 bits per heavy atom. The third-order valence-corrected chi connectivity index (χ3v) is 6.92. The lowest BCUT2D eigenvalue weighted by Gasteiger charge is -2.29.